The van der Waals surface area contributed by atoms with Gasteiger partial charge >= 0.3 is 5.97 Å². The maximum Gasteiger partial charge on any atom is 0.335 e. The highest BCUT2D eigenvalue weighted by Crippen LogP contribution is 2.22. The molecule has 1 aromatic heterocycles. The molecular formula is C15H15NO2. The summed E-state index contributed by atoms with van der Waals surface area (Å²) in [6, 6.07) is 10.8. The SMILES string of the molecule is CC(C)c1ccnc(-c2cccc(C(=O)O)c2)c1. The van der Waals surface area contributed by atoms with Crippen LogP contribution in [0, 0.1) is 0 Å². The van der Waals surface area contributed by atoms with E-state index < -0.39 is 5.97 Å². The third-order valence-electron chi connectivity index (χ3n) is 2.86. The molecule has 0 atom stereocenters. The minimum atomic E-state index is -0.920. The summed E-state index contributed by atoms with van der Waals surface area (Å²) in [5, 5.41) is 8.98. The van der Waals surface area contributed by atoms with Crippen LogP contribution < -0.4 is 0 Å². The van der Waals surface area contributed by atoms with Crippen molar-refractivity contribution in [2.45, 2.75) is 19.8 Å². The lowest BCUT2D eigenvalue weighted by molar-refractivity contribution is 0.0697. The molecule has 0 aliphatic rings. The van der Waals surface area contributed by atoms with Crippen LogP contribution in [0.5, 0.6) is 0 Å². The Bertz CT molecular complexity index is 576. The number of pyridine rings is 1. The Balaban J connectivity index is 2.45. The second-order valence-corrected chi connectivity index (χ2v) is 4.52. The molecule has 0 aliphatic carbocycles. The van der Waals surface area contributed by atoms with Crippen molar-refractivity contribution in [2.75, 3.05) is 0 Å². The lowest BCUT2D eigenvalue weighted by atomic mass is 10.0. The first-order chi connectivity index (χ1) is 8.58. The predicted octanol–water partition coefficient (Wildman–Crippen LogP) is 3.57. The van der Waals surface area contributed by atoms with Crippen molar-refractivity contribution in [2.24, 2.45) is 0 Å². The van der Waals surface area contributed by atoms with Crippen LogP contribution in [0.1, 0.15) is 35.7 Å². The number of nitrogens with zero attached hydrogens (tertiary/aromatic N) is 1. The Kier molecular flexibility index (Phi) is 3.42. The van der Waals surface area contributed by atoms with Crippen LogP contribution in [0.4, 0.5) is 0 Å². The number of aromatic carboxylic acids is 1. The molecule has 1 N–H and O–H groups in total. The van der Waals surface area contributed by atoms with Crippen molar-refractivity contribution in [3.8, 4) is 11.3 Å². The second kappa shape index (κ2) is 5.00. The number of carboxylic acid groups (broad SMARTS) is 1. The summed E-state index contributed by atoms with van der Waals surface area (Å²) in [7, 11) is 0. The smallest absolute Gasteiger partial charge is 0.335 e. The lowest BCUT2D eigenvalue weighted by Gasteiger charge is -2.07. The Labute approximate surface area is 106 Å². The fraction of sp³-hybridized carbons (Fsp3) is 0.200. The highest BCUT2D eigenvalue weighted by atomic mass is 16.4. The van der Waals surface area contributed by atoms with E-state index in [1.54, 1.807) is 24.4 Å². The molecular weight excluding hydrogens is 226 g/mol. The Hall–Kier alpha value is -2.16. The minimum Gasteiger partial charge on any atom is -0.478 e. The van der Waals surface area contributed by atoms with Crippen molar-refractivity contribution in [3.05, 3.63) is 53.7 Å². The molecule has 0 bridgehead atoms. The van der Waals surface area contributed by atoms with Gasteiger partial charge in [0.1, 0.15) is 0 Å². The maximum absolute atomic E-state index is 10.9. The highest BCUT2D eigenvalue weighted by molar-refractivity contribution is 5.89. The van der Waals surface area contributed by atoms with Crippen molar-refractivity contribution in [3.63, 3.8) is 0 Å². The van der Waals surface area contributed by atoms with Gasteiger partial charge in [0, 0.05) is 11.8 Å². The Morgan fingerprint density at radius 3 is 2.67 bits per heavy atom. The number of rotatable bonds is 3. The van der Waals surface area contributed by atoms with Crippen LogP contribution in [0.3, 0.4) is 0 Å². The molecule has 0 radical (unpaired) electrons. The van der Waals surface area contributed by atoms with E-state index in [9.17, 15) is 4.79 Å². The van der Waals surface area contributed by atoms with Crippen molar-refractivity contribution < 1.29 is 9.90 Å². The van der Waals surface area contributed by atoms with E-state index in [1.165, 1.54) is 5.56 Å². The van der Waals surface area contributed by atoms with Crippen LogP contribution in [0.15, 0.2) is 42.6 Å². The summed E-state index contributed by atoms with van der Waals surface area (Å²) >= 11 is 0. The Morgan fingerprint density at radius 2 is 2.00 bits per heavy atom. The van der Waals surface area contributed by atoms with E-state index >= 15 is 0 Å². The number of aromatic nitrogens is 1. The van der Waals surface area contributed by atoms with E-state index in [2.05, 4.69) is 18.8 Å². The van der Waals surface area contributed by atoms with Crippen molar-refractivity contribution >= 4 is 5.97 Å². The summed E-state index contributed by atoms with van der Waals surface area (Å²) in [5.41, 5.74) is 3.12. The molecule has 0 fully saturated rings. The summed E-state index contributed by atoms with van der Waals surface area (Å²) in [6.45, 7) is 4.24. The quantitative estimate of drug-likeness (QED) is 0.893. The monoisotopic (exact) mass is 241 g/mol. The normalized spacial score (nSPS) is 10.6. The van der Waals surface area contributed by atoms with Crippen LogP contribution in [0.2, 0.25) is 0 Å². The van der Waals surface area contributed by atoms with E-state index in [1.807, 2.05) is 18.2 Å². The summed E-state index contributed by atoms with van der Waals surface area (Å²) in [4.78, 5) is 15.2. The molecule has 0 saturated heterocycles. The maximum atomic E-state index is 10.9. The molecule has 3 heteroatoms. The van der Waals surface area contributed by atoms with Crippen LogP contribution in [-0.4, -0.2) is 16.1 Å². The van der Waals surface area contributed by atoms with Gasteiger partial charge in [-0.25, -0.2) is 4.79 Å². The van der Waals surface area contributed by atoms with Gasteiger partial charge < -0.3 is 5.11 Å². The van der Waals surface area contributed by atoms with Gasteiger partial charge in [-0.05, 0) is 35.7 Å². The Morgan fingerprint density at radius 1 is 1.22 bits per heavy atom. The van der Waals surface area contributed by atoms with Gasteiger partial charge in [0.15, 0.2) is 0 Å². The second-order valence-electron chi connectivity index (χ2n) is 4.52. The van der Waals surface area contributed by atoms with E-state index in [4.69, 9.17) is 5.11 Å². The highest BCUT2D eigenvalue weighted by Gasteiger charge is 2.07. The molecule has 2 aromatic rings. The number of hydrogen-bond acceptors (Lipinski definition) is 2. The third kappa shape index (κ3) is 2.56. The van der Waals surface area contributed by atoms with Gasteiger partial charge in [0.25, 0.3) is 0 Å². The van der Waals surface area contributed by atoms with Crippen LogP contribution in [-0.2, 0) is 0 Å². The van der Waals surface area contributed by atoms with Gasteiger partial charge in [0.05, 0.1) is 11.3 Å². The molecule has 0 aliphatic heterocycles. The van der Waals surface area contributed by atoms with Gasteiger partial charge in [-0.15, -0.1) is 0 Å². The molecule has 2 rings (SSSR count). The standard InChI is InChI=1S/C15H15NO2/c1-10(2)11-6-7-16-14(9-11)12-4-3-5-13(8-12)15(17)18/h3-10H,1-2H3,(H,17,18). The topological polar surface area (TPSA) is 50.2 Å². The average molecular weight is 241 g/mol. The molecule has 0 spiro atoms. The van der Waals surface area contributed by atoms with Gasteiger partial charge in [0.2, 0.25) is 0 Å². The molecule has 92 valence electrons. The molecule has 0 unspecified atom stereocenters. The van der Waals surface area contributed by atoms with Gasteiger partial charge in [-0.3, -0.25) is 4.98 Å². The number of benzene rings is 1. The molecule has 3 nitrogen and oxygen atoms in total. The van der Waals surface area contributed by atoms with Crippen molar-refractivity contribution in [1.29, 1.82) is 0 Å². The van der Waals surface area contributed by atoms with Crippen LogP contribution >= 0.6 is 0 Å². The largest absolute Gasteiger partial charge is 0.478 e. The predicted molar refractivity (Wildman–Crippen MR) is 70.7 cm³/mol. The van der Waals surface area contributed by atoms with Gasteiger partial charge in [-0.1, -0.05) is 26.0 Å². The molecule has 1 aromatic carbocycles. The third-order valence-corrected chi connectivity index (χ3v) is 2.86. The van der Waals surface area contributed by atoms with Crippen molar-refractivity contribution in [1.82, 2.24) is 4.98 Å². The van der Waals surface area contributed by atoms with E-state index in [-0.39, 0.29) is 5.56 Å². The molecule has 1 heterocycles. The van der Waals surface area contributed by atoms with Gasteiger partial charge in [-0.2, -0.15) is 0 Å². The zero-order valence-electron chi connectivity index (χ0n) is 10.4. The number of hydrogen-bond donors (Lipinski definition) is 1. The first-order valence-corrected chi connectivity index (χ1v) is 5.87. The molecule has 0 amide bonds. The zero-order valence-corrected chi connectivity index (χ0v) is 10.4. The van der Waals surface area contributed by atoms with Crippen LogP contribution in [0.25, 0.3) is 11.3 Å². The fourth-order valence-electron chi connectivity index (χ4n) is 1.78. The minimum absolute atomic E-state index is 0.282. The average Bonchev–Trinajstić information content (AvgIpc) is 2.39. The number of carboxylic acids is 1. The van der Waals surface area contributed by atoms with E-state index in [0.29, 0.717) is 5.92 Å². The fourth-order valence-corrected chi connectivity index (χ4v) is 1.78. The first-order valence-electron chi connectivity index (χ1n) is 5.87. The summed E-state index contributed by atoms with van der Waals surface area (Å²) in [5.74, 6) is -0.494. The summed E-state index contributed by atoms with van der Waals surface area (Å²) in [6.07, 6.45) is 1.76. The van der Waals surface area contributed by atoms with E-state index in [0.717, 1.165) is 11.3 Å². The molecule has 18 heavy (non-hydrogen) atoms. The summed E-state index contributed by atoms with van der Waals surface area (Å²) < 4.78 is 0. The lowest BCUT2D eigenvalue weighted by Crippen LogP contribution is -1.96. The molecule has 0 saturated carbocycles. The first kappa shape index (κ1) is 12.3. The number of carbonyl (C=O) groups is 1. The zero-order chi connectivity index (χ0) is 13.1.